The zero-order chi connectivity index (χ0) is 10.4. The highest BCUT2D eigenvalue weighted by atomic mass is 16.6. The fourth-order valence-electron chi connectivity index (χ4n) is 0.935. The van der Waals surface area contributed by atoms with Crippen LogP contribution in [0.15, 0.2) is 36.1 Å². The molecule has 14 heavy (non-hydrogen) atoms. The number of hydrogen-bond donors (Lipinski definition) is 2. The van der Waals surface area contributed by atoms with Crippen molar-refractivity contribution in [2.45, 2.75) is 0 Å². The lowest BCUT2D eigenvalue weighted by molar-refractivity contribution is -0.138. The number of benzene rings is 1. The SMILES string of the molecule is O=C(O)C(=Cc1ccccc1)OCO. The fourth-order valence-corrected chi connectivity index (χ4v) is 0.935. The van der Waals surface area contributed by atoms with Crippen molar-refractivity contribution in [3.05, 3.63) is 41.7 Å². The molecule has 74 valence electrons. The Kier molecular flexibility index (Phi) is 3.69. The molecule has 1 aromatic carbocycles. The summed E-state index contributed by atoms with van der Waals surface area (Å²) in [7, 11) is 0. The number of aliphatic hydroxyl groups is 1. The van der Waals surface area contributed by atoms with Gasteiger partial charge >= 0.3 is 5.97 Å². The summed E-state index contributed by atoms with van der Waals surface area (Å²) in [5, 5.41) is 17.1. The van der Waals surface area contributed by atoms with Gasteiger partial charge in [0.25, 0.3) is 0 Å². The molecule has 0 aromatic heterocycles. The Labute approximate surface area is 81.1 Å². The van der Waals surface area contributed by atoms with Crippen LogP contribution in [0.25, 0.3) is 6.08 Å². The van der Waals surface area contributed by atoms with Crippen molar-refractivity contribution in [1.29, 1.82) is 0 Å². The minimum absolute atomic E-state index is 0.279. The number of aliphatic hydroxyl groups excluding tert-OH is 1. The number of hydrogen-bond acceptors (Lipinski definition) is 3. The quantitative estimate of drug-likeness (QED) is 0.427. The molecule has 0 saturated heterocycles. The molecule has 0 aliphatic heterocycles. The number of rotatable bonds is 4. The van der Waals surface area contributed by atoms with Crippen LogP contribution in [-0.4, -0.2) is 23.0 Å². The Morgan fingerprint density at radius 1 is 1.36 bits per heavy atom. The van der Waals surface area contributed by atoms with E-state index in [1.807, 2.05) is 6.07 Å². The Balaban J connectivity index is 2.88. The molecule has 0 heterocycles. The van der Waals surface area contributed by atoms with E-state index in [2.05, 4.69) is 4.74 Å². The zero-order valence-electron chi connectivity index (χ0n) is 7.38. The van der Waals surface area contributed by atoms with Gasteiger partial charge in [-0.05, 0) is 11.6 Å². The lowest BCUT2D eigenvalue weighted by atomic mass is 10.2. The van der Waals surface area contributed by atoms with Gasteiger partial charge in [0, 0.05) is 0 Å². The van der Waals surface area contributed by atoms with Crippen molar-refractivity contribution in [1.82, 2.24) is 0 Å². The van der Waals surface area contributed by atoms with Crippen LogP contribution in [0.1, 0.15) is 5.56 Å². The summed E-state index contributed by atoms with van der Waals surface area (Å²) in [5.41, 5.74) is 0.707. The van der Waals surface area contributed by atoms with E-state index < -0.39 is 12.8 Å². The molecular weight excluding hydrogens is 184 g/mol. The topological polar surface area (TPSA) is 66.8 Å². The van der Waals surface area contributed by atoms with Gasteiger partial charge in [0.2, 0.25) is 5.76 Å². The van der Waals surface area contributed by atoms with Crippen LogP contribution < -0.4 is 0 Å². The third-order valence-corrected chi connectivity index (χ3v) is 1.53. The first-order valence-corrected chi connectivity index (χ1v) is 3.97. The van der Waals surface area contributed by atoms with Gasteiger partial charge in [-0.3, -0.25) is 0 Å². The molecule has 0 atom stereocenters. The van der Waals surface area contributed by atoms with Crippen molar-refractivity contribution >= 4 is 12.0 Å². The number of carboxylic acids is 1. The summed E-state index contributed by atoms with van der Waals surface area (Å²) in [6, 6.07) is 8.87. The van der Waals surface area contributed by atoms with Gasteiger partial charge in [0.05, 0.1) is 0 Å². The van der Waals surface area contributed by atoms with Crippen LogP contribution in [0.4, 0.5) is 0 Å². The number of carboxylic acid groups (broad SMARTS) is 1. The van der Waals surface area contributed by atoms with Crippen molar-refractivity contribution in [2.24, 2.45) is 0 Å². The Hall–Kier alpha value is -1.81. The van der Waals surface area contributed by atoms with E-state index in [1.165, 1.54) is 6.08 Å². The van der Waals surface area contributed by atoms with E-state index in [0.29, 0.717) is 5.56 Å². The average Bonchev–Trinajstić information content (AvgIpc) is 2.18. The van der Waals surface area contributed by atoms with Gasteiger partial charge in [0.15, 0.2) is 6.79 Å². The molecule has 0 fully saturated rings. The predicted octanol–water partition coefficient (Wildman–Crippen LogP) is 1.08. The minimum Gasteiger partial charge on any atom is -0.475 e. The molecular formula is C10H10O4. The second-order valence-corrected chi connectivity index (χ2v) is 2.50. The van der Waals surface area contributed by atoms with Gasteiger partial charge in [-0.2, -0.15) is 0 Å². The largest absolute Gasteiger partial charge is 0.475 e. The molecule has 0 aliphatic carbocycles. The molecule has 0 saturated carbocycles. The van der Waals surface area contributed by atoms with Crippen LogP contribution in [0.5, 0.6) is 0 Å². The third-order valence-electron chi connectivity index (χ3n) is 1.53. The van der Waals surface area contributed by atoms with Crippen molar-refractivity contribution < 1.29 is 19.7 Å². The van der Waals surface area contributed by atoms with E-state index in [-0.39, 0.29) is 5.76 Å². The molecule has 0 aliphatic rings. The molecule has 1 aromatic rings. The molecule has 4 nitrogen and oxygen atoms in total. The number of aliphatic carboxylic acids is 1. The molecule has 4 heteroatoms. The van der Waals surface area contributed by atoms with Gasteiger partial charge in [-0.15, -0.1) is 0 Å². The lowest BCUT2D eigenvalue weighted by Crippen LogP contribution is -2.05. The molecule has 0 bridgehead atoms. The Morgan fingerprint density at radius 2 is 2.00 bits per heavy atom. The minimum atomic E-state index is -1.21. The highest BCUT2D eigenvalue weighted by Crippen LogP contribution is 2.07. The Morgan fingerprint density at radius 3 is 2.50 bits per heavy atom. The van der Waals surface area contributed by atoms with Gasteiger partial charge < -0.3 is 14.9 Å². The summed E-state index contributed by atoms with van der Waals surface area (Å²) in [4.78, 5) is 10.6. The monoisotopic (exact) mass is 194 g/mol. The summed E-state index contributed by atoms with van der Waals surface area (Å²) >= 11 is 0. The molecule has 0 unspecified atom stereocenters. The molecule has 0 spiro atoms. The summed E-state index contributed by atoms with van der Waals surface area (Å²) in [5.74, 6) is -1.48. The third kappa shape index (κ3) is 2.91. The number of ether oxygens (including phenoxy) is 1. The van der Waals surface area contributed by atoms with Crippen molar-refractivity contribution in [3.63, 3.8) is 0 Å². The first-order valence-electron chi connectivity index (χ1n) is 3.97. The zero-order valence-corrected chi connectivity index (χ0v) is 7.38. The summed E-state index contributed by atoms with van der Waals surface area (Å²) < 4.78 is 4.52. The van der Waals surface area contributed by atoms with Crippen molar-refractivity contribution in [2.75, 3.05) is 6.79 Å². The Bertz CT molecular complexity index is 329. The maximum atomic E-state index is 10.6. The standard InChI is InChI=1S/C10H10O4/c11-7-14-9(10(12)13)6-8-4-2-1-3-5-8/h1-6,11H,7H2,(H,12,13). The summed E-state index contributed by atoms with van der Waals surface area (Å²) in [6.45, 7) is -0.648. The van der Waals surface area contributed by atoms with Crippen LogP contribution in [0.2, 0.25) is 0 Å². The van der Waals surface area contributed by atoms with E-state index in [9.17, 15) is 4.79 Å². The van der Waals surface area contributed by atoms with Crippen LogP contribution >= 0.6 is 0 Å². The van der Waals surface area contributed by atoms with Crippen molar-refractivity contribution in [3.8, 4) is 0 Å². The first-order chi connectivity index (χ1) is 6.74. The predicted molar refractivity (Wildman–Crippen MR) is 50.2 cm³/mol. The number of carbonyl (C=O) groups is 1. The fraction of sp³-hybridized carbons (Fsp3) is 0.100. The van der Waals surface area contributed by atoms with E-state index in [1.54, 1.807) is 24.3 Å². The average molecular weight is 194 g/mol. The first kappa shape index (κ1) is 10.3. The highest BCUT2D eigenvalue weighted by molar-refractivity contribution is 5.89. The lowest BCUT2D eigenvalue weighted by Gasteiger charge is -2.02. The highest BCUT2D eigenvalue weighted by Gasteiger charge is 2.07. The van der Waals surface area contributed by atoms with Gasteiger partial charge in [-0.1, -0.05) is 30.3 Å². The molecule has 2 N–H and O–H groups in total. The molecule has 0 radical (unpaired) electrons. The van der Waals surface area contributed by atoms with Gasteiger partial charge in [0.1, 0.15) is 0 Å². The van der Waals surface area contributed by atoms with E-state index in [4.69, 9.17) is 10.2 Å². The van der Waals surface area contributed by atoms with Crippen LogP contribution in [0.3, 0.4) is 0 Å². The van der Waals surface area contributed by atoms with E-state index in [0.717, 1.165) is 0 Å². The van der Waals surface area contributed by atoms with Crippen LogP contribution in [0, 0.1) is 0 Å². The smallest absolute Gasteiger partial charge is 0.371 e. The molecule has 0 amide bonds. The summed E-state index contributed by atoms with van der Waals surface area (Å²) in [6.07, 6.45) is 1.35. The second-order valence-electron chi connectivity index (χ2n) is 2.50. The maximum absolute atomic E-state index is 10.6. The normalized spacial score (nSPS) is 11.1. The van der Waals surface area contributed by atoms with Gasteiger partial charge in [-0.25, -0.2) is 4.79 Å². The van der Waals surface area contributed by atoms with E-state index >= 15 is 0 Å². The molecule has 1 rings (SSSR count). The maximum Gasteiger partial charge on any atom is 0.371 e. The van der Waals surface area contributed by atoms with Crippen LogP contribution in [-0.2, 0) is 9.53 Å². The second kappa shape index (κ2) is 5.04.